The molecule has 0 fully saturated rings. The molecule has 158 valence electrons. The van der Waals surface area contributed by atoms with E-state index in [1.54, 1.807) is 36.4 Å². The van der Waals surface area contributed by atoms with E-state index in [4.69, 9.17) is 46.4 Å². The lowest BCUT2D eigenvalue weighted by molar-refractivity contribution is -0.139. The maximum Gasteiger partial charge on any atom is 0.331 e. The van der Waals surface area contributed by atoms with Gasteiger partial charge in [-0.1, -0.05) is 72.4 Å². The Hall–Kier alpha value is -2.12. The highest BCUT2D eigenvalue weighted by Crippen LogP contribution is 2.23. The number of carbonyl (C=O) groups is 2. The minimum absolute atomic E-state index is 0.388. The Morgan fingerprint density at radius 1 is 0.733 bits per heavy atom. The number of carbonyl (C=O) groups excluding carboxylic acids is 2. The number of nitrogens with one attached hydrogen (secondary N) is 2. The van der Waals surface area contributed by atoms with E-state index in [9.17, 15) is 9.59 Å². The van der Waals surface area contributed by atoms with E-state index in [1.165, 1.54) is 0 Å². The molecule has 6 nitrogen and oxygen atoms in total. The summed E-state index contributed by atoms with van der Waals surface area (Å²) in [5.74, 6) is -1.96. The summed E-state index contributed by atoms with van der Waals surface area (Å²) in [6, 6.07) is 9.83. The molecule has 0 spiro atoms. The van der Waals surface area contributed by atoms with Crippen LogP contribution in [0.4, 0.5) is 0 Å². The average Bonchev–Trinajstić information content (AvgIpc) is 2.70. The fourth-order valence-corrected chi connectivity index (χ4v) is 3.48. The predicted molar refractivity (Wildman–Crippen MR) is 123 cm³/mol. The van der Waals surface area contributed by atoms with Gasteiger partial charge in [-0.3, -0.25) is 9.59 Å². The molecular weight excluding hydrogens is 470 g/mol. The van der Waals surface area contributed by atoms with Gasteiger partial charge in [0.05, 0.1) is 21.5 Å². The molecule has 0 radical (unpaired) electrons. The van der Waals surface area contributed by atoms with Crippen LogP contribution < -0.4 is 10.9 Å². The first-order valence-corrected chi connectivity index (χ1v) is 10.4. The van der Waals surface area contributed by atoms with Crippen molar-refractivity contribution >= 4 is 69.6 Å². The van der Waals surface area contributed by atoms with Crippen LogP contribution in [0.5, 0.6) is 0 Å². The zero-order valence-corrected chi connectivity index (χ0v) is 19.1. The molecule has 0 aromatic heterocycles. The summed E-state index contributed by atoms with van der Waals surface area (Å²) in [7, 11) is 0. The SMILES string of the molecule is CC/C(=N\NC(=O)C(=O)N/N=C(\CC)c1ccc(Cl)cc1Cl)c1ccc(Cl)cc1Cl. The number of benzene rings is 2. The van der Waals surface area contributed by atoms with Crippen LogP contribution in [-0.2, 0) is 9.59 Å². The van der Waals surface area contributed by atoms with Gasteiger partial charge < -0.3 is 0 Å². The van der Waals surface area contributed by atoms with E-state index in [-0.39, 0.29) is 0 Å². The summed E-state index contributed by atoms with van der Waals surface area (Å²) >= 11 is 24.1. The van der Waals surface area contributed by atoms with E-state index < -0.39 is 11.8 Å². The Morgan fingerprint density at radius 3 is 1.40 bits per heavy atom. The van der Waals surface area contributed by atoms with Crippen molar-refractivity contribution in [3.63, 3.8) is 0 Å². The van der Waals surface area contributed by atoms with Crippen molar-refractivity contribution in [3.8, 4) is 0 Å². The molecule has 2 rings (SSSR count). The molecule has 30 heavy (non-hydrogen) atoms. The van der Waals surface area contributed by atoms with Crippen LogP contribution in [0.25, 0.3) is 0 Å². The van der Waals surface area contributed by atoms with Crippen molar-refractivity contribution in [2.24, 2.45) is 10.2 Å². The van der Waals surface area contributed by atoms with Crippen LogP contribution in [0, 0.1) is 0 Å². The van der Waals surface area contributed by atoms with Crippen LogP contribution in [0.3, 0.4) is 0 Å². The average molecular weight is 488 g/mol. The lowest BCUT2D eigenvalue weighted by Crippen LogP contribution is -2.36. The Kier molecular flexibility index (Phi) is 9.11. The quantitative estimate of drug-likeness (QED) is 0.322. The number of halogens is 4. The number of nitrogens with zero attached hydrogens (tertiary/aromatic N) is 2. The second-order valence-electron chi connectivity index (χ2n) is 5.95. The smallest absolute Gasteiger partial charge is 0.262 e. The number of rotatable bonds is 6. The van der Waals surface area contributed by atoms with Gasteiger partial charge in [0.25, 0.3) is 0 Å². The van der Waals surface area contributed by atoms with E-state index in [1.807, 2.05) is 13.8 Å². The fourth-order valence-electron chi connectivity index (χ4n) is 2.44. The van der Waals surface area contributed by atoms with Gasteiger partial charge in [0, 0.05) is 21.2 Å². The van der Waals surface area contributed by atoms with Crippen molar-refractivity contribution in [2.45, 2.75) is 26.7 Å². The molecule has 0 unspecified atom stereocenters. The molecule has 0 heterocycles. The van der Waals surface area contributed by atoms with E-state index >= 15 is 0 Å². The van der Waals surface area contributed by atoms with Crippen molar-refractivity contribution < 1.29 is 9.59 Å². The van der Waals surface area contributed by atoms with Crippen LogP contribution in [0.15, 0.2) is 46.6 Å². The highest BCUT2D eigenvalue weighted by atomic mass is 35.5. The highest BCUT2D eigenvalue weighted by Gasteiger charge is 2.15. The predicted octanol–water partition coefficient (Wildman–Crippen LogP) is 5.46. The van der Waals surface area contributed by atoms with Crippen LogP contribution in [0.2, 0.25) is 20.1 Å². The molecule has 0 bridgehead atoms. The summed E-state index contributed by atoms with van der Waals surface area (Å²) in [4.78, 5) is 24.2. The third-order valence-electron chi connectivity index (χ3n) is 3.94. The molecule has 10 heteroatoms. The largest absolute Gasteiger partial charge is 0.331 e. The topological polar surface area (TPSA) is 82.9 Å². The van der Waals surface area contributed by atoms with Crippen molar-refractivity contribution in [1.29, 1.82) is 0 Å². The normalized spacial score (nSPS) is 11.9. The van der Waals surface area contributed by atoms with Gasteiger partial charge in [0.15, 0.2) is 0 Å². The Morgan fingerprint density at radius 2 is 1.10 bits per heavy atom. The lowest BCUT2D eigenvalue weighted by atomic mass is 10.1. The fraction of sp³-hybridized carbons (Fsp3) is 0.200. The summed E-state index contributed by atoms with van der Waals surface area (Å²) in [5.41, 5.74) is 6.60. The summed E-state index contributed by atoms with van der Waals surface area (Å²) in [6.07, 6.45) is 0.937. The summed E-state index contributed by atoms with van der Waals surface area (Å²) in [6.45, 7) is 3.67. The van der Waals surface area contributed by atoms with Gasteiger partial charge in [0.2, 0.25) is 0 Å². The van der Waals surface area contributed by atoms with Crippen molar-refractivity contribution in [1.82, 2.24) is 10.9 Å². The van der Waals surface area contributed by atoms with Gasteiger partial charge >= 0.3 is 11.8 Å². The molecule has 0 saturated carbocycles. The van der Waals surface area contributed by atoms with Gasteiger partial charge in [-0.2, -0.15) is 10.2 Å². The van der Waals surface area contributed by atoms with Crippen molar-refractivity contribution in [3.05, 3.63) is 67.6 Å². The molecule has 0 aliphatic carbocycles. The molecule has 2 aromatic rings. The second-order valence-corrected chi connectivity index (χ2v) is 7.64. The number of hydrogen-bond acceptors (Lipinski definition) is 4. The molecule has 2 amide bonds. The molecule has 0 saturated heterocycles. The summed E-state index contributed by atoms with van der Waals surface area (Å²) in [5, 5.41) is 9.73. The van der Waals surface area contributed by atoms with E-state index in [2.05, 4.69) is 21.1 Å². The third kappa shape index (κ3) is 6.44. The standard InChI is InChI=1S/C20H18Cl4N4O2/c1-3-17(13-7-5-11(21)9-15(13)23)25-27-19(29)20(30)28-26-18(4-2)14-8-6-12(22)10-16(14)24/h5-10H,3-4H2,1-2H3,(H,27,29)(H,28,30)/b25-17+,26-18+. The molecule has 0 atom stereocenters. The summed E-state index contributed by atoms with van der Waals surface area (Å²) < 4.78 is 0. The number of hydrazone groups is 2. The third-order valence-corrected chi connectivity index (χ3v) is 5.04. The maximum absolute atomic E-state index is 12.1. The number of hydrogen-bond donors (Lipinski definition) is 2. The monoisotopic (exact) mass is 486 g/mol. The van der Waals surface area contributed by atoms with E-state index in [0.717, 1.165) is 0 Å². The first-order valence-electron chi connectivity index (χ1n) is 8.91. The van der Waals surface area contributed by atoms with Crippen LogP contribution in [0.1, 0.15) is 37.8 Å². The molecular formula is C20H18Cl4N4O2. The Bertz CT molecular complexity index is 940. The van der Waals surface area contributed by atoms with Gasteiger partial charge in [-0.25, -0.2) is 10.9 Å². The highest BCUT2D eigenvalue weighted by molar-refractivity contribution is 6.38. The minimum Gasteiger partial charge on any atom is -0.262 e. The minimum atomic E-state index is -0.979. The van der Waals surface area contributed by atoms with Gasteiger partial charge in [-0.05, 0) is 37.1 Å². The Balaban J connectivity index is 2.10. The molecule has 0 aliphatic rings. The van der Waals surface area contributed by atoms with Gasteiger partial charge in [0.1, 0.15) is 0 Å². The molecule has 2 N–H and O–H groups in total. The molecule has 2 aromatic carbocycles. The second kappa shape index (κ2) is 11.3. The zero-order chi connectivity index (χ0) is 22.3. The number of amides is 2. The van der Waals surface area contributed by atoms with Crippen LogP contribution >= 0.6 is 46.4 Å². The molecule has 0 aliphatic heterocycles. The maximum atomic E-state index is 12.1. The van der Waals surface area contributed by atoms with E-state index in [0.29, 0.717) is 55.5 Å². The van der Waals surface area contributed by atoms with Crippen molar-refractivity contribution in [2.75, 3.05) is 0 Å². The zero-order valence-electron chi connectivity index (χ0n) is 16.1. The Labute approximate surface area is 194 Å². The van der Waals surface area contributed by atoms with Gasteiger partial charge in [-0.15, -0.1) is 0 Å². The van der Waals surface area contributed by atoms with Crippen LogP contribution in [-0.4, -0.2) is 23.2 Å². The first kappa shape index (κ1) is 24.2. The first-order chi connectivity index (χ1) is 14.3. The lowest BCUT2D eigenvalue weighted by Gasteiger charge is -2.08.